The maximum atomic E-state index is 12.9. The van der Waals surface area contributed by atoms with E-state index in [0.717, 1.165) is 36.9 Å². The van der Waals surface area contributed by atoms with Gasteiger partial charge in [-0.1, -0.05) is 12.8 Å². The van der Waals surface area contributed by atoms with E-state index < -0.39 is 10.0 Å². The number of aryl methyl sites for hydroxylation is 1. The van der Waals surface area contributed by atoms with Crippen molar-refractivity contribution in [1.82, 2.24) is 9.21 Å². The first-order valence-corrected chi connectivity index (χ1v) is 10.3. The molecular formula is C18H28N2O3S. The summed E-state index contributed by atoms with van der Waals surface area (Å²) in [4.78, 5) is 2.80. The molecule has 2 fully saturated rings. The highest BCUT2D eigenvalue weighted by atomic mass is 32.2. The van der Waals surface area contributed by atoms with Crippen molar-refractivity contribution < 1.29 is 13.2 Å². The van der Waals surface area contributed by atoms with Crippen LogP contribution in [-0.2, 0) is 10.0 Å². The van der Waals surface area contributed by atoms with Crippen LogP contribution >= 0.6 is 0 Å². The zero-order chi connectivity index (χ0) is 17.2. The smallest absolute Gasteiger partial charge is 0.243 e. The summed E-state index contributed by atoms with van der Waals surface area (Å²) in [7, 11) is -1.81. The molecule has 0 spiro atoms. The van der Waals surface area contributed by atoms with Crippen molar-refractivity contribution in [1.29, 1.82) is 0 Å². The highest BCUT2D eigenvalue weighted by Crippen LogP contribution is 2.27. The fourth-order valence-electron chi connectivity index (χ4n) is 3.87. The molecule has 0 amide bonds. The summed E-state index contributed by atoms with van der Waals surface area (Å²) in [5.74, 6) is 1.53. The van der Waals surface area contributed by atoms with Crippen LogP contribution in [0, 0.1) is 12.8 Å². The predicted octanol–water partition coefficient (Wildman–Crippen LogP) is 2.50. The van der Waals surface area contributed by atoms with Gasteiger partial charge in [-0.2, -0.15) is 4.31 Å². The molecule has 6 heteroatoms. The number of nitrogens with zero attached hydrogens (tertiary/aromatic N) is 2. The van der Waals surface area contributed by atoms with Crippen molar-refractivity contribution >= 4 is 10.0 Å². The second kappa shape index (κ2) is 7.42. The normalized spacial score (nSPS) is 21.2. The van der Waals surface area contributed by atoms with Gasteiger partial charge in [-0.3, -0.25) is 0 Å². The number of hydrogen-bond acceptors (Lipinski definition) is 4. The van der Waals surface area contributed by atoms with Crippen molar-refractivity contribution in [3.63, 3.8) is 0 Å². The monoisotopic (exact) mass is 352 g/mol. The lowest BCUT2D eigenvalue weighted by Gasteiger charge is -2.35. The van der Waals surface area contributed by atoms with E-state index in [9.17, 15) is 8.42 Å². The lowest BCUT2D eigenvalue weighted by atomic mass is 10.1. The van der Waals surface area contributed by atoms with E-state index in [1.165, 1.54) is 25.7 Å². The predicted molar refractivity (Wildman–Crippen MR) is 94.9 cm³/mol. The van der Waals surface area contributed by atoms with E-state index in [2.05, 4.69) is 4.90 Å². The third kappa shape index (κ3) is 3.76. The Bertz CT molecular complexity index is 661. The Kier molecular flexibility index (Phi) is 5.47. The van der Waals surface area contributed by atoms with Crippen LogP contribution in [0.15, 0.2) is 23.1 Å². The van der Waals surface area contributed by atoms with Crippen LogP contribution in [0.25, 0.3) is 0 Å². The van der Waals surface area contributed by atoms with Crippen LogP contribution in [-0.4, -0.2) is 57.5 Å². The molecule has 5 nitrogen and oxygen atoms in total. The van der Waals surface area contributed by atoms with E-state index >= 15 is 0 Å². The van der Waals surface area contributed by atoms with E-state index in [-0.39, 0.29) is 0 Å². The first-order valence-electron chi connectivity index (χ1n) is 8.88. The van der Waals surface area contributed by atoms with Crippen molar-refractivity contribution in [3.8, 4) is 5.75 Å². The van der Waals surface area contributed by atoms with Gasteiger partial charge in [0, 0.05) is 32.7 Å². The Labute approximate surface area is 145 Å². The third-order valence-corrected chi connectivity index (χ3v) is 7.22. The average molecular weight is 353 g/mol. The van der Waals surface area contributed by atoms with Gasteiger partial charge < -0.3 is 9.64 Å². The summed E-state index contributed by atoms with van der Waals surface area (Å²) in [5, 5.41) is 0. The molecule has 1 saturated carbocycles. The highest BCUT2D eigenvalue weighted by molar-refractivity contribution is 7.89. The number of benzene rings is 1. The minimum Gasteiger partial charge on any atom is -0.496 e. The molecule has 0 bridgehead atoms. The number of methoxy groups -OCH3 is 1. The quantitative estimate of drug-likeness (QED) is 0.817. The molecule has 1 aliphatic carbocycles. The molecule has 1 aromatic carbocycles. The zero-order valence-electron chi connectivity index (χ0n) is 14.7. The Morgan fingerprint density at radius 1 is 1.12 bits per heavy atom. The average Bonchev–Trinajstić information content (AvgIpc) is 3.08. The molecule has 1 saturated heterocycles. The Morgan fingerprint density at radius 3 is 2.38 bits per heavy atom. The van der Waals surface area contributed by atoms with Crippen LogP contribution in [0.1, 0.15) is 31.2 Å². The SMILES string of the molecule is COc1ccc(S(=O)(=O)N2CCN(CC3CCCC3)CC2)cc1C. The van der Waals surface area contributed by atoms with Crippen LogP contribution in [0.3, 0.4) is 0 Å². The van der Waals surface area contributed by atoms with Gasteiger partial charge in [-0.15, -0.1) is 0 Å². The molecule has 0 atom stereocenters. The molecule has 3 rings (SSSR count). The van der Waals surface area contributed by atoms with Crippen molar-refractivity contribution in [2.24, 2.45) is 5.92 Å². The Balaban J connectivity index is 1.63. The standard InChI is InChI=1S/C18H28N2O3S/c1-15-13-17(7-8-18(15)23-2)24(21,22)20-11-9-19(10-12-20)14-16-5-3-4-6-16/h7-8,13,16H,3-6,9-12,14H2,1-2H3. The molecule has 1 aliphatic heterocycles. The third-order valence-electron chi connectivity index (χ3n) is 5.33. The highest BCUT2D eigenvalue weighted by Gasteiger charge is 2.30. The van der Waals surface area contributed by atoms with E-state index in [4.69, 9.17) is 4.74 Å². The number of sulfonamides is 1. The van der Waals surface area contributed by atoms with Crippen molar-refractivity contribution in [3.05, 3.63) is 23.8 Å². The van der Waals surface area contributed by atoms with Crippen LogP contribution in [0.5, 0.6) is 5.75 Å². The number of hydrogen-bond donors (Lipinski definition) is 0. The molecule has 134 valence electrons. The van der Waals surface area contributed by atoms with Gasteiger partial charge in [0.1, 0.15) is 5.75 Å². The lowest BCUT2D eigenvalue weighted by Crippen LogP contribution is -2.49. The topological polar surface area (TPSA) is 49.9 Å². The maximum absolute atomic E-state index is 12.9. The minimum absolute atomic E-state index is 0.366. The fraction of sp³-hybridized carbons (Fsp3) is 0.667. The zero-order valence-corrected chi connectivity index (χ0v) is 15.5. The summed E-state index contributed by atoms with van der Waals surface area (Å²) in [5.41, 5.74) is 0.846. The summed E-state index contributed by atoms with van der Waals surface area (Å²) in [6.07, 6.45) is 5.39. The van der Waals surface area contributed by atoms with Gasteiger partial charge in [0.2, 0.25) is 10.0 Å². The number of ether oxygens (including phenoxy) is 1. The molecule has 2 aliphatic rings. The molecule has 0 aromatic heterocycles. The van der Waals surface area contributed by atoms with E-state index in [1.54, 1.807) is 29.6 Å². The first kappa shape index (κ1) is 17.7. The number of rotatable bonds is 5. The minimum atomic E-state index is -3.41. The van der Waals surface area contributed by atoms with E-state index in [0.29, 0.717) is 18.0 Å². The van der Waals surface area contributed by atoms with Crippen LogP contribution in [0.2, 0.25) is 0 Å². The summed E-state index contributed by atoms with van der Waals surface area (Å²) >= 11 is 0. The summed E-state index contributed by atoms with van der Waals surface area (Å²) in [6.45, 7) is 5.85. The fourth-order valence-corrected chi connectivity index (χ4v) is 5.38. The number of piperazine rings is 1. The maximum Gasteiger partial charge on any atom is 0.243 e. The van der Waals surface area contributed by atoms with Gasteiger partial charge in [0.15, 0.2) is 0 Å². The van der Waals surface area contributed by atoms with Gasteiger partial charge in [-0.25, -0.2) is 8.42 Å². The molecule has 1 heterocycles. The molecule has 0 radical (unpaired) electrons. The molecule has 0 unspecified atom stereocenters. The van der Waals surface area contributed by atoms with Crippen molar-refractivity contribution in [2.45, 2.75) is 37.5 Å². The second-order valence-electron chi connectivity index (χ2n) is 6.99. The van der Waals surface area contributed by atoms with Gasteiger partial charge >= 0.3 is 0 Å². The van der Waals surface area contributed by atoms with Crippen LogP contribution in [0.4, 0.5) is 0 Å². The Hall–Kier alpha value is -1.11. The van der Waals surface area contributed by atoms with Gasteiger partial charge in [0.25, 0.3) is 0 Å². The largest absolute Gasteiger partial charge is 0.496 e. The molecular weight excluding hydrogens is 324 g/mol. The molecule has 0 N–H and O–H groups in total. The first-order chi connectivity index (χ1) is 11.5. The van der Waals surface area contributed by atoms with Crippen molar-refractivity contribution in [2.75, 3.05) is 39.8 Å². The van der Waals surface area contributed by atoms with Gasteiger partial charge in [-0.05, 0) is 49.4 Å². The van der Waals surface area contributed by atoms with E-state index in [1.807, 2.05) is 6.92 Å². The molecule has 1 aromatic rings. The van der Waals surface area contributed by atoms with Gasteiger partial charge in [0.05, 0.1) is 12.0 Å². The van der Waals surface area contributed by atoms with Crippen LogP contribution < -0.4 is 4.74 Å². The summed E-state index contributed by atoms with van der Waals surface area (Å²) in [6, 6.07) is 5.09. The Morgan fingerprint density at radius 2 is 1.79 bits per heavy atom. The molecule has 24 heavy (non-hydrogen) atoms. The lowest BCUT2D eigenvalue weighted by molar-refractivity contribution is 0.165. The summed E-state index contributed by atoms with van der Waals surface area (Å²) < 4.78 is 32.6. The second-order valence-corrected chi connectivity index (χ2v) is 8.92.